The largest absolute Gasteiger partial charge is 0.399 e. The van der Waals surface area contributed by atoms with Crippen molar-refractivity contribution in [3.8, 4) is 0 Å². The topological polar surface area (TPSA) is 72.9 Å². The standard InChI is InChI=1S/C18H17ClN4O/c1-12-2-7-16(15(19)8-12)22-18(24)17-10-23(11-21-17)9-13-3-5-14(20)6-4-13/h2-8,10-11H,9,20H2,1H3,(H,22,24). The highest BCUT2D eigenvalue weighted by Crippen LogP contribution is 2.23. The molecular weight excluding hydrogens is 324 g/mol. The van der Waals surface area contributed by atoms with Gasteiger partial charge in [0.25, 0.3) is 5.91 Å². The third-order valence-corrected chi connectivity index (χ3v) is 3.90. The summed E-state index contributed by atoms with van der Waals surface area (Å²) in [5.41, 5.74) is 9.41. The number of halogens is 1. The number of benzene rings is 2. The van der Waals surface area contributed by atoms with Crippen molar-refractivity contribution in [2.24, 2.45) is 0 Å². The summed E-state index contributed by atoms with van der Waals surface area (Å²) in [7, 11) is 0. The molecular formula is C18H17ClN4O. The number of anilines is 2. The molecule has 3 N–H and O–H groups in total. The molecule has 0 saturated carbocycles. The van der Waals surface area contributed by atoms with Gasteiger partial charge in [0.1, 0.15) is 5.69 Å². The number of amides is 1. The Balaban J connectivity index is 1.70. The minimum absolute atomic E-state index is 0.295. The number of carbonyl (C=O) groups excluding carboxylic acids is 1. The third-order valence-electron chi connectivity index (χ3n) is 3.58. The molecule has 0 saturated heterocycles. The van der Waals surface area contributed by atoms with Crippen LogP contribution in [0.25, 0.3) is 0 Å². The Bertz CT molecular complexity index is 871. The lowest BCUT2D eigenvalue weighted by molar-refractivity contribution is 0.102. The number of hydrogen-bond donors (Lipinski definition) is 2. The second-order valence-corrected chi connectivity index (χ2v) is 6.02. The van der Waals surface area contributed by atoms with E-state index in [0.717, 1.165) is 16.8 Å². The van der Waals surface area contributed by atoms with Crippen molar-refractivity contribution in [2.45, 2.75) is 13.5 Å². The minimum atomic E-state index is -0.295. The smallest absolute Gasteiger partial charge is 0.275 e. The van der Waals surface area contributed by atoms with Crippen molar-refractivity contribution in [1.29, 1.82) is 0 Å². The van der Waals surface area contributed by atoms with Crippen LogP contribution in [0.3, 0.4) is 0 Å². The quantitative estimate of drug-likeness (QED) is 0.711. The molecule has 0 bridgehead atoms. The van der Waals surface area contributed by atoms with Crippen molar-refractivity contribution < 1.29 is 4.79 Å². The normalized spacial score (nSPS) is 10.6. The lowest BCUT2D eigenvalue weighted by Gasteiger charge is -2.06. The number of carbonyl (C=O) groups is 1. The van der Waals surface area contributed by atoms with Crippen molar-refractivity contribution in [3.05, 3.63) is 76.8 Å². The maximum absolute atomic E-state index is 12.3. The fraction of sp³-hybridized carbons (Fsp3) is 0.111. The van der Waals surface area contributed by atoms with E-state index < -0.39 is 0 Å². The van der Waals surface area contributed by atoms with E-state index >= 15 is 0 Å². The number of nitrogens with two attached hydrogens (primary N) is 1. The summed E-state index contributed by atoms with van der Waals surface area (Å²) in [5, 5.41) is 3.28. The molecule has 1 heterocycles. The first-order chi connectivity index (χ1) is 11.5. The molecule has 3 rings (SSSR count). The molecule has 0 fully saturated rings. The minimum Gasteiger partial charge on any atom is -0.399 e. The number of rotatable bonds is 4. The van der Waals surface area contributed by atoms with Gasteiger partial charge in [-0.25, -0.2) is 4.98 Å². The highest BCUT2D eigenvalue weighted by molar-refractivity contribution is 6.34. The van der Waals surface area contributed by atoms with Crippen LogP contribution in [-0.4, -0.2) is 15.5 Å². The van der Waals surface area contributed by atoms with E-state index in [9.17, 15) is 4.79 Å². The van der Waals surface area contributed by atoms with Crippen LogP contribution in [-0.2, 0) is 6.54 Å². The van der Waals surface area contributed by atoms with Crippen LogP contribution in [0, 0.1) is 6.92 Å². The molecule has 122 valence electrons. The van der Waals surface area contributed by atoms with Gasteiger partial charge in [0.2, 0.25) is 0 Å². The zero-order valence-electron chi connectivity index (χ0n) is 13.2. The molecule has 6 heteroatoms. The number of imidazole rings is 1. The Morgan fingerprint density at radius 1 is 1.25 bits per heavy atom. The molecule has 2 aromatic carbocycles. The first-order valence-corrected chi connectivity index (χ1v) is 7.83. The van der Waals surface area contributed by atoms with Crippen molar-refractivity contribution in [3.63, 3.8) is 0 Å². The highest BCUT2D eigenvalue weighted by Gasteiger charge is 2.11. The number of nitrogen functional groups attached to an aromatic ring is 1. The monoisotopic (exact) mass is 340 g/mol. The van der Waals surface area contributed by atoms with Gasteiger partial charge >= 0.3 is 0 Å². The number of nitrogens with one attached hydrogen (secondary N) is 1. The molecule has 1 amide bonds. The van der Waals surface area contributed by atoms with Crippen LogP contribution in [0.2, 0.25) is 5.02 Å². The predicted molar refractivity (Wildman–Crippen MR) is 96.3 cm³/mol. The third kappa shape index (κ3) is 3.75. The van der Waals surface area contributed by atoms with Gasteiger partial charge in [0.05, 0.1) is 17.0 Å². The van der Waals surface area contributed by atoms with E-state index in [2.05, 4.69) is 10.3 Å². The Hall–Kier alpha value is -2.79. The molecule has 0 spiro atoms. The average Bonchev–Trinajstić information content (AvgIpc) is 3.01. The molecule has 0 aliphatic rings. The second-order valence-electron chi connectivity index (χ2n) is 5.61. The van der Waals surface area contributed by atoms with Crippen molar-refractivity contribution in [1.82, 2.24) is 9.55 Å². The van der Waals surface area contributed by atoms with Gasteiger partial charge in [-0.2, -0.15) is 0 Å². The lowest BCUT2D eigenvalue weighted by atomic mass is 10.2. The SMILES string of the molecule is Cc1ccc(NC(=O)c2cn(Cc3ccc(N)cc3)cn2)c(Cl)c1. The Labute approximate surface area is 145 Å². The van der Waals surface area contributed by atoms with Gasteiger partial charge in [-0.15, -0.1) is 0 Å². The molecule has 0 radical (unpaired) electrons. The van der Waals surface area contributed by atoms with Crippen LogP contribution in [0.4, 0.5) is 11.4 Å². The zero-order chi connectivity index (χ0) is 17.1. The number of aromatic nitrogens is 2. The van der Waals surface area contributed by atoms with Crippen LogP contribution in [0.15, 0.2) is 55.0 Å². The van der Waals surface area contributed by atoms with Gasteiger partial charge in [-0.05, 0) is 42.3 Å². The van der Waals surface area contributed by atoms with Gasteiger partial charge in [-0.1, -0.05) is 29.8 Å². The molecule has 0 aliphatic carbocycles. The highest BCUT2D eigenvalue weighted by atomic mass is 35.5. The fourth-order valence-corrected chi connectivity index (χ4v) is 2.59. The molecule has 3 aromatic rings. The molecule has 0 atom stereocenters. The van der Waals surface area contributed by atoms with Gasteiger partial charge in [-0.3, -0.25) is 4.79 Å². The van der Waals surface area contributed by atoms with Crippen LogP contribution in [0.1, 0.15) is 21.6 Å². The molecule has 5 nitrogen and oxygen atoms in total. The summed E-state index contributed by atoms with van der Waals surface area (Å²) in [4.78, 5) is 16.5. The summed E-state index contributed by atoms with van der Waals surface area (Å²) < 4.78 is 1.84. The van der Waals surface area contributed by atoms with E-state index in [-0.39, 0.29) is 5.91 Å². The maximum atomic E-state index is 12.3. The van der Waals surface area contributed by atoms with Gasteiger partial charge in [0.15, 0.2) is 0 Å². The molecule has 0 aliphatic heterocycles. The molecule has 1 aromatic heterocycles. The second kappa shape index (κ2) is 6.76. The van der Waals surface area contributed by atoms with Crippen molar-refractivity contribution >= 4 is 28.9 Å². The van der Waals surface area contributed by atoms with E-state index in [1.165, 1.54) is 0 Å². The average molecular weight is 341 g/mol. The summed E-state index contributed by atoms with van der Waals surface area (Å²) in [6.45, 7) is 2.56. The first-order valence-electron chi connectivity index (χ1n) is 7.45. The van der Waals surface area contributed by atoms with E-state index in [0.29, 0.717) is 22.9 Å². The Morgan fingerprint density at radius 3 is 2.71 bits per heavy atom. The van der Waals surface area contributed by atoms with Gasteiger partial charge in [0, 0.05) is 18.4 Å². The molecule has 0 unspecified atom stereocenters. The Morgan fingerprint density at radius 2 is 2.00 bits per heavy atom. The van der Waals surface area contributed by atoms with E-state index in [1.54, 1.807) is 24.7 Å². The lowest BCUT2D eigenvalue weighted by Crippen LogP contribution is -2.12. The van der Waals surface area contributed by atoms with Crippen LogP contribution < -0.4 is 11.1 Å². The van der Waals surface area contributed by atoms with Crippen LogP contribution in [0.5, 0.6) is 0 Å². The summed E-state index contributed by atoms with van der Waals surface area (Å²) in [6, 6.07) is 13.1. The van der Waals surface area contributed by atoms with Crippen molar-refractivity contribution in [2.75, 3.05) is 11.1 Å². The summed E-state index contributed by atoms with van der Waals surface area (Å²) >= 11 is 6.14. The van der Waals surface area contributed by atoms with Crippen LogP contribution >= 0.6 is 11.6 Å². The van der Waals surface area contributed by atoms with Gasteiger partial charge < -0.3 is 15.6 Å². The number of nitrogens with zero attached hydrogens (tertiary/aromatic N) is 2. The number of aryl methyl sites for hydroxylation is 1. The Kier molecular flexibility index (Phi) is 4.53. The zero-order valence-corrected chi connectivity index (χ0v) is 13.9. The number of hydrogen-bond acceptors (Lipinski definition) is 3. The summed E-state index contributed by atoms with van der Waals surface area (Å²) in [5.74, 6) is -0.295. The first kappa shape index (κ1) is 16.1. The summed E-state index contributed by atoms with van der Waals surface area (Å²) in [6.07, 6.45) is 3.33. The molecule has 24 heavy (non-hydrogen) atoms. The van der Waals surface area contributed by atoms with E-state index in [4.69, 9.17) is 17.3 Å². The fourth-order valence-electron chi connectivity index (χ4n) is 2.31. The maximum Gasteiger partial charge on any atom is 0.275 e. The predicted octanol–water partition coefficient (Wildman–Crippen LogP) is 3.73. The van der Waals surface area contributed by atoms with E-state index in [1.807, 2.05) is 41.8 Å².